The van der Waals surface area contributed by atoms with Gasteiger partial charge in [-0.1, -0.05) is 18.6 Å². The first-order valence-corrected chi connectivity index (χ1v) is 8.52. The number of hydrogen-bond donors (Lipinski definition) is 2. The molecule has 1 aromatic rings. The first-order valence-electron chi connectivity index (χ1n) is 7.03. The minimum atomic E-state index is -3.48. The SMILES string of the molecule is O=S(=O)(NCCN1CCCCC1)c1cccc(CO)c1. The molecule has 20 heavy (non-hydrogen) atoms. The minimum Gasteiger partial charge on any atom is -0.392 e. The Morgan fingerprint density at radius 3 is 2.65 bits per heavy atom. The van der Waals surface area contributed by atoms with Crippen LogP contribution in [0.25, 0.3) is 0 Å². The van der Waals surface area contributed by atoms with E-state index < -0.39 is 10.0 Å². The van der Waals surface area contributed by atoms with Gasteiger partial charge >= 0.3 is 0 Å². The number of rotatable bonds is 6. The Bertz CT molecular complexity index is 525. The third kappa shape index (κ3) is 4.28. The molecule has 2 rings (SSSR count). The van der Waals surface area contributed by atoms with Crippen molar-refractivity contribution in [1.29, 1.82) is 0 Å². The molecule has 112 valence electrons. The summed E-state index contributed by atoms with van der Waals surface area (Å²) in [5.74, 6) is 0. The van der Waals surface area contributed by atoms with Crippen LogP contribution >= 0.6 is 0 Å². The monoisotopic (exact) mass is 298 g/mol. The Labute approximate surface area is 120 Å². The van der Waals surface area contributed by atoms with Crippen LogP contribution in [0.2, 0.25) is 0 Å². The van der Waals surface area contributed by atoms with E-state index in [9.17, 15) is 8.42 Å². The maximum absolute atomic E-state index is 12.1. The van der Waals surface area contributed by atoms with Gasteiger partial charge in [0.25, 0.3) is 0 Å². The molecular formula is C14H22N2O3S. The number of sulfonamides is 1. The number of nitrogens with one attached hydrogen (secondary N) is 1. The van der Waals surface area contributed by atoms with Gasteiger partial charge in [-0.3, -0.25) is 0 Å². The molecule has 0 unspecified atom stereocenters. The van der Waals surface area contributed by atoms with Gasteiger partial charge in [0, 0.05) is 13.1 Å². The number of piperidine rings is 1. The summed E-state index contributed by atoms with van der Waals surface area (Å²) in [6.07, 6.45) is 3.67. The second-order valence-corrected chi connectivity index (χ2v) is 6.87. The summed E-state index contributed by atoms with van der Waals surface area (Å²) in [5, 5.41) is 9.05. The number of benzene rings is 1. The van der Waals surface area contributed by atoms with Gasteiger partial charge in [-0.2, -0.15) is 0 Å². The topological polar surface area (TPSA) is 69.6 Å². The molecular weight excluding hydrogens is 276 g/mol. The maximum atomic E-state index is 12.1. The fourth-order valence-corrected chi connectivity index (χ4v) is 3.51. The smallest absolute Gasteiger partial charge is 0.240 e. The highest BCUT2D eigenvalue weighted by Crippen LogP contribution is 2.12. The molecule has 1 fully saturated rings. The van der Waals surface area contributed by atoms with Gasteiger partial charge in [0.2, 0.25) is 10.0 Å². The summed E-state index contributed by atoms with van der Waals surface area (Å²) >= 11 is 0. The molecule has 0 aromatic heterocycles. The lowest BCUT2D eigenvalue weighted by Crippen LogP contribution is -2.37. The van der Waals surface area contributed by atoms with Crippen LogP contribution in [0.4, 0.5) is 0 Å². The van der Waals surface area contributed by atoms with Crippen molar-refractivity contribution in [2.45, 2.75) is 30.8 Å². The highest BCUT2D eigenvalue weighted by atomic mass is 32.2. The van der Waals surface area contributed by atoms with E-state index in [4.69, 9.17) is 5.11 Å². The summed E-state index contributed by atoms with van der Waals surface area (Å²) < 4.78 is 26.9. The Balaban J connectivity index is 1.89. The average molecular weight is 298 g/mol. The zero-order valence-electron chi connectivity index (χ0n) is 11.6. The van der Waals surface area contributed by atoms with Crippen LogP contribution in [-0.2, 0) is 16.6 Å². The van der Waals surface area contributed by atoms with Gasteiger partial charge < -0.3 is 10.0 Å². The largest absolute Gasteiger partial charge is 0.392 e. The number of aliphatic hydroxyl groups is 1. The van der Waals surface area contributed by atoms with Gasteiger partial charge in [0.1, 0.15) is 0 Å². The molecule has 0 spiro atoms. The second-order valence-electron chi connectivity index (χ2n) is 5.11. The maximum Gasteiger partial charge on any atom is 0.240 e. The van der Waals surface area contributed by atoms with Gasteiger partial charge in [-0.25, -0.2) is 13.1 Å². The molecule has 0 radical (unpaired) electrons. The number of hydrogen-bond acceptors (Lipinski definition) is 4. The quantitative estimate of drug-likeness (QED) is 0.820. The van der Waals surface area contributed by atoms with Crippen molar-refractivity contribution in [2.24, 2.45) is 0 Å². The molecule has 0 atom stereocenters. The predicted octanol–water partition coefficient (Wildman–Crippen LogP) is 0.943. The van der Waals surface area contributed by atoms with Crippen LogP contribution < -0.4 is 4.72 Å². The van der Waals surface area contributed by atoms with Crippen molar-refractivity contribution in [3.8, 4) is 0 Å². The van der Waals surface area contributed by atoms with Crippen LogP contribution in [-0.4, -0.2) is 44.6 Å². The van der Waals surface area contributed by atoms with Crippen LogP contribution in [0.3, 0.4) is 0 Å². The lowest BCUT2D eigenvalue weighted by molar-refractivity contribution is 0.233. The summed E-state index contributed by atoms with van der Waals surface area (Å²) in [5.41, 5.74) is 0.601. The van der Waals surface area contributed by atoms with E-state index in [1.54, 1.807) is 18.2 Å². The first-order chi connectivity index (χ1) is 9.62. The van der Waals surface area contributed by atoms with Gasteiger partial charge in [-0.15, -0.1) is 0 Å². The lowest BCUT2D eigenvalue weighted by Gasteiger charge is -2.26. The summed E-state index contributed by atoms with van der Waals surface area (Å²) in [6, 6.07) is 6.39. The molecule has 2 N–H and O–H groups in total. The number of likely N-dealkylation sites (tertiary alicyclic amines) is 1. The van der Waals surface area contributed by atoms with Crippen LogP contribution in [0.1, 0.15) is 24.8 Å². The van der Waals surface area contributed by atoms with E-state index in [2.05, 4.69) is 9.62 Å². The molecule has 6 heteroatoms. The number of aliphatic hydroxyl groups excluding tert-OH is 1. The van der Waals surface area contributed by atoms with Crippen LogP contribution in [0.15, 0.2) is 29.2 Å². The Morgan fingerprint density at radius 1 is 1.20 bits per heavy atom. The second kappa shape index (κ2) is 7.17. The molecule has 1 heterocycles. The van der Waals surface area contributed by atoms with Crippen LogP contribution in [0, 0.1) is 0 Å². The van der Waals surface area contributed by atoms with E-state index in [-0.39, 0.29) is 11.5 Å². The molecule has 1 aliphatic heterocycles. The van der Waals surface area contributed by atoms with E-state index in [1.165, 1.54) is 25.3 Å². The molecule has 0 aliphatic carbocycles. The highest BCUT2D eigenvalue weighted by molar-refractivity contribution is 7.89. The third-order valence-corrected chi connectivity index (χ3v) is 5.02. The van der Waals surface area contributed by atoms with Gasteiger partial charge in [0.05, 0.1) is 11.5 Å². The normalized spacial score (nSPS) is 17.2. The summed E-state index contributed by atoms with van der Waals surface area (Å²) in [7, 11) is -3.48. The fraction of sp³-hybridized carbons (Fsp3) is 0.571. The highest BCUT2D eigenvalue weighted by Gasteiger charge is 2.15. The molecule has 0 saturated carbocycles. The fourth-order valence-electron chi connectivity index (χ4n) is 2.42. The molecule has 5 nitrogen and oxygen atoms in total. The zero-order chi connectivity index (χ0) is 14.4. The van der Waals surface area contributed by atoms with Crippen molar-refractivity contribution < 1.29 is 13.5 Å². The van der Waals surface area contributed by atoms with Crippen molar-refractivity contribution in [2.75, 3.05) is 26.2 Å². The Morgan fingerprint density at radius 2 is 1.95 bits per heavy atom. The van der Waals surface area contributed by atoms with E-state index in [0.717, 1.165) is 19.6 Å². The van der Waals surface area contributed by atoms with E-state index in [0.29, 0.717) is 12.1 Å². The third-order valence-electron chi connectivity index (χ3n) is 3.56. The molecule has 1 aromatic carbocycles. The lowest BCUT2D eigenvalue weighted by atomic mass is 10.1. The van der Waals surface area contributed by atoms with Crippen LogP contribution in [0.5, 0.6) is 0 Å². The summed E-state index contributed by atoms with van der Waals surface area (Å²) in [6.45, 7) is 3.13. The van der Waals surface area contributed by atoms with E-state index in [1.807, 2.05) is 0 Å². The standard InChI is InChI=1S/C14H22N2O3S/c17-12-13-5-4-6-14(11-13)20(18,19)15-7-10-16-8-2-1-3-9-16/h4-6,11,15,17H,1-3,7-10,12H2. The van der Waals surface area contributed by atoms with Gasteiger partial charge in [0.15, 0.2) is 0 Å². The first kappa shape index (κ1) is 15.4. The van der Waals surface area contributed by atoms with Crippen molar-refractivity contribution >= 4 is 10.0 Å². The average Bonchev–Trinajstić information content (AvgIpc) is 2.48. The molecule has 1 saturated heterocycles. The number of nitrogens with zero attached hydrogens (tertiary/aromatic N) is 1. The minimum absolute atomic E-state index is 0.156. The molecule has 1 aliphatic rings. The Kier molecular flexibility index (Phi) is 5.54. The van der Waals surface area contributed by atoms with Crippen molar-refractivity contribution in [1.82, 2.24) is 9.62 Å². The van der Waals surface area contributed by atoms with Crippen molar-refractivity contribution in [3.05, 3.63) is 29.8 Å². The molecule has 0 amide bonds. The summed E-state index contributed by atoms with van der Waals surface area (Å²) in [4.78, 5) is 2.50. The predicted molar refractivity (Wildman–Crippen MR) is 77.8 cm³/mol. The zero-order valence-corrected chi connectivity index (χ0v) is 12.4. The Hall–Kier alpha value is -0.950. The van der Waals surface area contributed by atoms with Crippen molar-refractivity contribution in [3.63, 3.8) is 0 Å². The van der Waals surface area contributed by atoms with Gasteiger partial charge in [-0.05, 0) is 43.6 Å². The molecule has 0 bridgehead atoms. The van der Waals surface area contributed by atoms with E-state index >= 15 is 0 Å².